The molecule has 0 fully saturated rings. The quantitative estimate of drug-likeness (QED) is 0.388. The standard InChI is InChI=1S/C16H12ClNO5/c1-23-16-9-11(4-7-15(16)20)14(19)6-3-10-2-5-12(17)13(8-10)18(21)22/h2-9,20H,1H3/b6-3+. The van der Waals surface area contributed by atoms with Gasteiger partial charge in [-0.1, -0.05) is 23.7 Å². The molecule has 2 rings (SSSR count). The first-order valence-electron chi connectivity index (χ1n) is 6.45. The van der Waals surface area contributed by atoms with Crippen LogP contribution in [-0.2, 0) is 0 Å². The molecule has 0 saturated carbocycles. The molecule has 0 bridgehead atoms. The average molecular weight is 334 g/mol. The number of phenols is 1. The van der Waals surface area contributed by atoms with Crippen LogP contribution in [0.2, 0.25) is 5.02 Å². The molecule has 2 aromatic rings. The Hall–Kier alpha value is -2.86. The van der Waals surface area contributed by atoms with Gasteiger partial charge in [-0.2, -0.15) is 0 Å². The number of hydrogen-bond acceptors (Lipinski definition) is 5. The first-order valence-corrected chi connectivity index (χ1v) is 6.83. The lowest BCUT2D eigenvalue weighted by molar-refractivity contribution is -0.384. The molecule has 0 atom stereocenters. The van der Waals surface area contributed by atoms with Crippen LogP contribution in [0.4, 0.5) is 5.69 Å². The Kier molecular flexibility index (Phi) is 4.98. The van der Waals surface area contributed by atoms with Crippen molar-refractivity contribution in [2.24, 2.45) is 0 Å². The van der Waals surface area contributed by atoms with Gasteiger partial charge in [0.05, 0.1) is 12.0 Å². The number of aromatic hydroxyl groups is 1. The van der Waals surface area contributed by atoms with Gasteiger partial charge in [0.2, 0.25) is 0 Å². The largest absolute Gasteiger partial charge is 0.504 e. The maximum Gasteiger partial charge on any atom is 0.288 e. The normalized spacial score (nSPS) is 10.7. The fraction of sp³-hybridized carbons (Fsp3) is 0.0625. The molecule has 0 unspecified atom stereocenters. The third-order valence-corrected chi connectivity index (χ3v) is 3.38. The zero-order valence-electron chi connectivity index (χ0n) is 12.0. The number of methoxy groups -OCH3 is 1. The molecule has 0 radical (unpaired) electrons. The predicted octanol–water partition coefficient (Wildman–Crippen LogP) is 3.86. The molecule has 0 spiro atoms. The summed E-state index contributed by atoms with van der Waals surface area (Å²) in [4.78, 5) is 22.3. The number of halogens is 1. The highest BCUT2D eigenvalue weighted by Gasteiger charge is 2.12. The summed E-state index contributed by atoms with van der Waals surface area (Å²) in [7, 11) is 1.38. The molecule has 23 heavy (non-hydrogen) atoms. The van der Waals surface area contributed by atoms with Crippen molar-refractivity contribution >= 4 is 29.1 Å². The van der Waals surface area contributed by atoms with E-state index in [4.69, 9.17) is 16.3 Å². The van der Waals surface area contributed by atoms with Gasteiger partial charge in [-0.15, -0.1) is 0 Å². The molecule has 1 N–H and O–H groups in total. The number of phenolic OH excluding ortho intramolecular Hbond substituents is 1. The summed E-state index contributed by atoms with van der Waals surface area (Å²) in [6.07, 6.45) is 2.73. The number of nitro groups is 1. The molecule has 0 aliphatic carbocycles. The third-order valence-electron chi connectivity index (χ3n) is 3.06. The number of nitrogens with zero attached hydrogens (tertiary/aromatic N) is 1. The van der Waals surface area contributed by atoms with E-state index < -0.39 is 4.92 Å². The Bertz CT molecular complexity index is 801. The van der Waals surface area contributed by atoms with Crippen LogP contribution < -0.4 is 4.74 Å². The van der Waals surface area contributed by atoms with Gasteiger partial charge in [0, 0.05) is 11.6 Å². The fourth-order valence-corrected chi connectivity index (χ4v) is 2.06. The number of ether oxygens (including phenoxy) is 1. The van der Waals surface area contributed by atoms with E-state index >= 15 is 0 Å². The van der Waals surface area contributed by atoms with Gasteiger partial charge in [0.15, 0.2) is 17.3 Å². The summed E-state index contributed by atoms with van der Waals surface area (Å²) in [5.41, 5.74) is 0.562. The SMILES string of the molecule is COc1cc(C(=O)/C=C/c2ccc(Cl)c([N+](=O)[O-])c2)ccc1O. The maximum absolute atomic E-state index is 12.1. The van der Waals surface area contributed by atoms with E-state index in [1.807, 2.05) is 0 Å². The summed E-state index contributed by atoms with van der Waals surface area (Å²) in [5, 5.41) is 20.4. The Balaban J connectivity index is 2.25. The highest BCUT2D eigenvalue weighted by Crippen LogP contribution is 2.27. The second-order valence-electron chi connectivity index (χ2n) is 4.55. The van der Waals surface area contributed by atoms with Gasteiger partial charge >= 0.3 is 0 Å². The van der Waals surface area contributed by atoms with Gasteiger partial charge < -0.3 is 9.84 Å². The Labute approximate surface area is 136 Å². The van der Waals surface area contributed by atoms with Crippen LogP contribution in [0.15, 0.2) is 42.5 Å². The van der Waals surface area contributed by atoms with E-state index in [0.29, 0.717) is 11.1 Å². The lowest BCUT2D eigenvalue weighted by Crippen LogP contribution is -1.95. The van der Waals surface area contributed by atoms with Crippen molar-refractivity contribution in [1.82, 2.24) is 0 Å². The molecular formula is C16H12ClNO5. The monoisotopic (exact) mass is 333 g/mol. The molecule has 0 heterocycles. The number of carbonyl (C=O) groups is 1. The predicted molar refractivity (Wildman–Crippen MR) is 86.1 cm³/mol. The smallest absolute Gasteiger partial charge is 0.288 e. The average Bonchev–Trinajstić information content (AvgIpc) is 2.54. The van der Waals surface area contributed by atoms with Crippen molar-refractivity contribution in [2.75, 3.05) is 7.11 Å². The minimum atomic E-state index is -0.591. The van der Waals surface area contributed by atoms with Gasteiger partial charge in [-0.05, 0) is 35.9 Å². The van der Waals surface area contributed by atoms with Crippen LogP contribution in [-0.4, -0.2) is 22.9 Å². The zero-order chi connectivity index (χ0) is 17.0. The van der Waals surface area contributed by atoms with E-state index in [-0.39, 0.29) is 28.0 Å². The molecule has 0 aliphatic heterocycles. The molecule has 0 aliphatic rings. The summed E-state index contributed by atoms with van der Waals surface area (Å²) in [6, 6.07) is 8.46. The highest BCUT2D eigenvalue weighted by molar-refractivity contribution is 6.32. The number of ketones is 1. The maximum atomic E-state index is 12.1. The number of nitro benzene ring substituents is 1. The first kappa shape index (κ1) is 16.5. The molecule has 0 saturated heterocycles. The minimum Gasteiger partial charge on any atom is -0.504 e. The highest BCUT2D eigenvalue weighted by atomic mass is 35.5. The number of carbonyl (C=O) groups excluding carboxylic acids is 1. The fourth-order valence-electron chi connectivity index (χ4n) is 1.87. The topological polar surface area (TPSA) is 89.7 Å². The summed E-state index contributed by atoms with van der Waals surface area (Å²) < 4.78 is 4.94. The molecule has 2 aromatic carbocycles. The van der Waals surface area contributed by atoms with Crippen LogP contribution >= 0.6 is 11.6 Å². The Morgan fingerprint density at radius 3 is 2.70 bits per heavy atom. The lowest BCUT2D eigenvalue weighted by atomic mass is 10.1. The number of allylic oxidation sites excluding steroid dienone is 1. The molecule has 7 heteroatoms. The third kappa shape index (κ3) is 3.87. The van der Waals surface area contributed by atoms with Crippen molar-refractivity contribution in [3.8, 4) is 11.5 Å². The first-order chi connectivity index (χ1) is 10.9. The van der Waals surface area contributed by atoms with E-state index in [1.54, 1.807) is 6.07 Å². The summed E-state index contributed by atoms with van der Waals surface area (Å²) in [5.74, 6) is -0.214. The summed E-state index contributed by atoms with van der Waals surface area (Å²) in [6.45, 7) is 0. The van der Waals surface area contributed by atoms with Gasteiger partial charge in [0.25, 0.3) is 5.69 Å². The number of rotatable bonds is 5. The lowest BCUT2D eigenvalue weighted by Gasteiger charge is -2.04. The van der Waals surface area contributed by atoms with Gasteiger partial charge in [0.1, 0.15) is 5.02 Å². The molecular weight excluding hydrogens is 322 g/mol. The zero-order valence-corrected chi connectivity index (χ0v) is 12.8. The van der Waals surface area contributed by atoms with Gasteiger partial charge in [-0.25, -0.2) is 0 Å². The second kappa shape index (κ2) is 6.93. The van der Waals surface area contributed by atoms with E-state index in [2.05, 4.69) is 0 Å². The van der Waals surface area contributed by atoms with Crippen LogP contribution in [0, 0.1) is 10.1 Å². The van der Waals surface area contributed by atoms with Crippen LogP contribution in [0.1, 0.15) is 15.9 Å². The van der Waals surface area contributed by atoms with Crippen LogP contribution in [0.3, 0.4) is 0 Å². The Morgan fingerprint density at radius 2 is 2.04 bits per heavy atom. The van der Waals surface area contributed by atoms with E-state index in [9.17, 15) is 20.0 Å². The second-order valence-corrected chi connectivity index (χ2v) is 4.96. The van der Waals surface area contributed by atoms with Crippen molar-refractivity contribution < 1.29 is 19.6 Å². The van der Waals surface area contributed by atoms with E-state index in [0.717, 1.165) is 0 Å². The van der Waals surface area contributed by atoms with Crippen molar-refractivity contribution in [2.45, 2.75) is 0 Å². The minimum absolute atomic E-state index is 0.0294. The van der Waals surface area contributed by atoms with Crippen LogP contribution in [0.25, 0.3) is 6.08 Å². The number of hydrogen-bond donors (Lipinski definition) is 1. The molecule has 0 amide bonds. The molecule has 0 aromatic heterocycles. The van der Waals surface area contributed by atoms with Crippen molar-refractivity contribution in [3.05, 3.63) is 68.7 Å². The number of benzene rings is 2. The summed E-state index contributed by atoms with van der Waals surface area (Å²) >= 11 is 5.73. The Morgan fingerprint density at radius 1 is 1.30 bits per heavy atom. The van der Waals surface area contributed by atoms with Crippen molar-refractivity contribution in [1.29, 1.82) is 0 Å². The van der Waals surface area contributed by atoms with E-state index in [1.165, 1.54) is 49.6 Å². The van der Waals surface area contributed by atoms with Crippen LogP contribution in [0.5, 0.6) is 11.5 Å². The molecule has 118 valence electrons. The molecule has 6 nitrogen and oxygen atoms in total. The van der Waals surface area contributed by atoms with Gasteiger partial charge in [-0.3, -0.25) is 14.9 Å². The van der Waals surface area contributed by atoms with Crippen molar-refractivity contribution in [3.63, 3.8) is 0 Å².